The smallest absolute Gasteiger partial charge is 0.0590 e. The van der Waals surface area contributed by atoms with E-state index in [1.54, 1.807) is 7.11 Å². The second-order valence-electron chi connectivity index (χ2n) is 7.39. The van der Waals surface area contributed by atoms with Gasteiger partial charge in [-0.15, -0.1) is 0 Å². The van der Waals surface area contributed by atoms with E-state index >= 15 is 0 Å². The van der Waals surface area contributed by atoms with Gasteiger partial charge in [-0.05, 0) is 56.8 Å². The Labute approximate surface area is 125 Å². The molecule has 0 radical (unpaired) electrons. The second-order valence-corrected chi connectivity index (χ2v) is 7.39. The molecule has 4 atom stereocenters. The number of ether oxygens (including phenoxy) is 1. The van der Waals surface area contributed by atoms with E-state index in [-0.39, 0.29) is 5.54 Å². The van der Waals surface area contributed by atoms with Crippen LogP contribution in [0.25, 0.3) is 0 Å². The summed E-state index contributed by atoms with van der Waals surface area (Å²) in [7, 11) is 1.81. The number of hydrogen-bond donors (Lipinski definition) is 1. The number of rotatable bonds is 7. The van der Waals surface area contributed by atoms with Crippen LogP contribution in [0, 0.1) is 17.8 Å². The van der Waals surface area contributed by atoms with Gasteiger partial charge in [0, 0.05) is 31.8 Å². The Hall–Kier alpha value is -0.120. The second kappa shape index (κ2) is 6.76. The van der Waals surface area contributed by atoms with E-state index in [1.165, 1.54) is 32.1 Å². The molecule has 0 aromatic heterocycles. The van der Waals surface area contributed by atoms with Gasteiger partial charge in [0.2, 0.25) is 0 Å². The molecule has 118 valence electrons. The first-order valence-corrected chi connectivity index (χ1v) is 8.50. The van der Waals surface area contributed by atoms with Crippen LogP contribution in [0.5, 0.6) is 0 Å². The lowest BCUT2D eigenvalue weighted by molar-refractivity contribution is -0.0240. The van der Waals surface area contributed by atoms with Gasteiger partial charge in [0.1, 0.15) is 0 Å². The van der Waals surface area contributed by atoms with Crippen LogP contribution in [0.3, 0.4) is 0 Å². The van der Waals surface area contributed by atoms with E-state index in [9.17, 15) is 0 Å². The number of methoxy groups -OCH3 is 1. The lowest BCUT2D eigenvalue weighted by atomic mass is 9.70. The summed E-state index contributed by atoms with van der Waals surface area (Å²) in [5.41, 5.74) is 6.51. The van der Waals surface area contributed by atoms with Crippen molar-refractivity contribution in [2.75, 3.05) is 26.8 Å². The van der Waals surface area contributed by atoms with Gasteiger partial charge in [-0.3, -0.25) is 4.90 Å². The van der Waals surface area contributed by atoms with Crippen LogP contribution >= 0.6 is 0 Å². The Morgan fingerprint density at radius 3 is 2.45 bits per heavy atom. The monoisotopic (exact) mass is 282 g/mol. The highest BCUT2D eigenvalue weighted by atomic mass is 16.5. The van der Waals surface area contributed by atoms with Gasteiger partial charge in [-0.2, -0.15) is 0 Å². The molecule has 2 rings (SSSR count). The lowest BCUT2D eigenvalue weighted by Crippen LogP contribution is -2.61. The minimum absolute atomic E-state index is 0.215. The fourth-order valence-electron chi connectivity index (χ4n) is 4.14. The molecule has 0 bridgehead atoms. The molecule has 2 saturated carbocycles. The normalized spacial score (nSPS) is 36.3. The lowest BCUT2D eigenvalue weighted by Gasteiger charge is -2.52. The summed E-state index contributed by atoms with van der Waals surface area (Å²) in [4.78, 5) is 2.72. The molecule has 3 heteroatoms. The quantitative estimate of drug-likeness (QED) is 0.780. The van der Waals surface area contributed by atoms with Gasteiger partial charge in [0.25, 0.3) is 0 Å². The van der Waals surface area contributed by atoms with Gasteiger partial charge < -0.3 is 10.5 Å². The van der Waals surface area contributed by atoms with E-state index in [2.05, 4.69) is 25.7 Å². The summed E-state index contributed by atoms with van der Waals surface area (Å²) in [5, 5.41) is 0. The zero-order valence-electron chi connectivity index (χ0n) is 13.9. The third-order valence-electron chi connectivity index (χ3n) is 6.06. The first-order chi connectivity index (χ1) is 9.54. The molecule has 4 unspecified atom stereocenters. The third kappa shape index (κ3) is 3.37. The highest BCUT2D eigenvalue weighted by molar-refractivity contribution is 5.01. The number of nitrogens with two attached hydrogens (primary N) is 1. The molecule has 2 N–H and O–H groups in total. The molecule has 0 amide bonds. The summed E-state index contributed by atoms with van der Waals surface area (Å²) < 4.78 is 5.37. The SMILES string of the molecule is COCCN(C(C)C1CC1)C1(CN)CCC(C)C(C)C1. The number of nitrogens with zero attached hydrogens (tertiary/aromatic N) is 1. The molecule has 2 aliphatic rings. The highest BCUT2D eigenvalue weighted by Crippen LogP contribution is 2.44. The van der Waals surface area contributed by atoms with Crippen LogP contribution in [0.2, 0.25) is 0 Å². The maximum absolute atomic E-state index is 6.29. The fourth-order valence-corrected chi connectivity index (χ4v) is 4.14. The van der Waals surface area contributed by atoms with Crippen molar-refractivity contribution in [3.8, 4) is 0 Å². The maximum atomic E-state index is 6.29. The van der Waals surface area contributed by atoms with Crippen LogP contribution in [-0.2, 0) is 4.74 Å². The Morgan fingerprint density at radius 1 is 1.25 bits per heavy atom. The van der Waals surface area contributed by atoms with E-state index in [0.29, 0.717) is 6.04 Å². The molecule has 2 fully saturated rings. The number of hydrogen-bond acceptors (Lipinski definition) is 3. The van der Waals surface area contributed by atoms with Crippen LogP contribution in [0.4, 0.5) is 0 Å². The first-order valence-electron chi connectivity index (χ1n) is 8.50. The zero-order valence-corrected chi connectivity index (χ0v) is 13.9. The summed E-state index contributed by atoms with van der Waals surface area (Å²) in [6.07, 6.45) is 6.63. The largest absolute Gasteiger partial charge is 0.383 e. The van der Waals surface area contributed by atoms with Crippen molar-refractivity contribution in [1.29, 1.82) is 0 Å². The molecule has 3 nitrogen and oxygen atoms in total. The van der Waals surface area contributed by atoms with Crippen molar-refractivity contribution in [1.82, 2.24) is 4.90 Å². The predicted octanol–water partition coefficient (Wildman–Crippen LogP) is 2.89. The Balaban J connectivity index is 2.14. The Morgan fingerprint density at radius 2 is 1.95 bits per heavy atom. The van der Waals surface area contributed by atoms with Crippen molar-refractivity contribution in [3.05, 3.63) is 0 Å². The summed E-state index contributed by atoms with van der Waals surface area (Å²) in [6.45, 7) is 9.87. The molecular weight excluding hydrogens is 248 g/mol. The molecule has 0 saturated heterocycles. The van der Waals surface area contributed by atoms with Crippen LogP contribution < -0.4 is 5.73 Å². The van der Waals surface area contributed by atoms with E-state index in [0.717, 1.165) is 37.5 Å². The van der Waals surface area contributed by atoms with Crippen molar-refractivity contribution in [2.24, 2.45) is 23.5 Å². The molecule has 0 aromatic rings. The average molecular weight is 282 g/mol. The van der Waals surface area contributed by atoms with Crippen molar-refractivity contribution in [2.45, 2.75) is 64.5 Å². The van der Waals surface area contributed by atoms with Crippen LogP contribution in [-0.4, -0.2) is 43.3 Å². The zero-order chi connectivity index (χ0) is 14.8. The molecule has 0 aliphatic heterocycles. The standard InChI is InChI=1S/C17H34N2O/c1-13-7-8-17(12-18,11-14(13)2)19(9-10-20-4)15(3)16-5-6-16/h13-16H,5-12,18H2,1-4H3. The van der Waals surface area contributed by atoms with E-state index < -0.39 is 0 Å². The van der Waals surface area contributed by atoms with Crippen molar-refractivity contribution >= 4 is 0 Å². The summed E-state index contributed by atoms with van der Waals surface area (Å²) in [5.74, 6) is 2.52. The van der Waals surface area contributed by atoms with Crippen molar-refractivity contribution < 1.29 is 4.74 Å². The van der Waals surface area contributed by atoms with Gasteiger partial charge in [0.15, 0.2) is 0 Å². The molecule has 0 heterocycles. The minimum atomic E-state index is 0.215. The molecule has 0 spiro atoms. The third-order valence-corrected chi connectivity index (χ3v) is 6.06. The van der Waals surface area contributed by atoms with Crippen LogP contribution in [0.15, 0.2) is 0 Å². The summed E-state index contributed by atoms with van der Waals surface area (Å²) in [6, 6.07) is 0.661. The average Bonchev–Trinajstić information content (AvgIpc) is 3.27. The first kappa shape index (κ1) is 16.3. The molecular formula is C17H34N2O. The van der Waals surface area contributed by atoms with E-state index in [4.69, 9.17) is 10.5 Å². The van der Waals surface area contributed by atoms with Gasteiger partial charge in [-0.25, -0.2) is 0 Å². The summed E-state index contributed by atoms with van der Waals surface area (Å²) >= 11 is 0. The molecule has 2 aliphatic carbocycles. The van der Waals surface area contributed by atoms with E-state index in [1.807, 2.05) is 0 Å². The Kier molecular flexibility index (Phi) is 5.49. The molecule has 20 heavy (non-hydrogen) atoms. The Bertz CT molecular complexity index is 305. The van der Waals surface area contributed by atoms with Gasteiger partial charge in [-0.1, -0.05) is 13.8 Å². The predicted molar refractivity (Wildman–Crippen MR) is 84.7 cm³/mol. The minimum Gasteiger partial charge on any atom is -0.383 e. The maximum Gasteiger partial charge on any atom is 0.0590 e. The molecule has 0 aromatic carbocycles. The van der Waals surface area contributed by atoms with Crippen molar-refractivity contribution in [3.63, 3.8) is 0 Å². The van der Waals surface area contributed by atoms with Gasteiger partial charge in [0.05, 0.1) is 6.61 Å². The van der Waals surface area contributed by atoms with Crippen LogP contribution in [0.1, 0.15) is 52.9 Å². The highest BCUT2D eigenvalue weighted by Gasteiger charge is 2.45. The van der Waals surface area contributed by atoms with Gasteiger partial charge >= 0.3 is 0 Å². The topological polar surface area (TPSA) is 38.5 Å². The fraction of sp³-hybridized carbons (Fsp3) is 1.00.